The molecule has 0 saturated heterocycles. The first-order valence-electron chi connectivity index (χ1n) is 9.82. The van der Waals surface area contributed by atoms with E-state index in [1.54, 1.807) is 0 Å². The number of nitrogens with zero attached hydrogens (tertiary/aromatic N) is 4. The summed E-state index contributed by atoms with van der Waals surface area (Å²) < 4.78 is 13.0. The quantitative estimate of drug-likeness (QED) is 0.590. The first kappa shape index (κ1) is 20.3. The molecule has 1 amide bonds. The number of imidazole rings is 1. The van der Waals surface area contributed by atoms with Gasteiger partial charge in [0.25, 0.3) is 0 Å². The second kappa shape index (κ2) is 8.39. The van der Waals surface area contributed by atoms with Crippen molar-refractivity contribution in [3.05, 3.63) is 24.0 Å². The van der Waals surface area contributed by atoms with Crippen LogP contribution in [-0.2, 0) is 17.8 Å². The van der Waals surface area contributed by atoms with E-state index < -0.39 is 0 Å². The molecule has 30 heavy (non-hydrogen) atoms. The van der Waals surface area contributed by atoms with Gasteiger partial charge in [0.15, 0.2) is 33.6 Å². The zero-order valence-electron chi connectivity index (χ0n) is 17.1. The summed E-state index contributed by atoms with van der Waals surface area (Å²) in [4.78, 5) is 26.3. The molecule has 4 rings (SSSR count). The van der Waals surface area contributed by atoms with E-state index in [4.69, 9.17) is 15.2 Å². The number of rotatable bonds is 7. The molecule has 2 aromatic heterocycles. The Kier molecular flexibility index (Phi) is 5.67. The summed E-state index contributed by atoms with van der Waals surface area (Å²) >= 11 is 1.49. The lowest BCUT2D eigenvalue weighted by Crippen LogP contribution is -2.30. The Labute approximate surface area is 178 Å². The van der Waals surface area contributed by atoms with Crippen LogP contribution in [0.15, 0.2) is 28.5 Å². The SMILES string of the molecule is CCc1cc2c(cc1Sc1nc3c(N)ncnc3n1CCC(=O)NC(C)C)OCO2. The Morgan fingerprint density at radius 3 is 2.80 bits per heavy atom. The predicted molar refractivity (Wildman–Crippen MR) is 114 cm³/mol. The number of hydrogen-bond donors (Lipinski definition) is 2. The predicted octanol–water partition coefficient (Wildman–Crippen LogP) is 2.77. The fourth-order valence-electron chi connectivity index (χ4n) is 3.26. The van der Waals surface area contributed by atoms with Gasteiger partial charge in [0.05, 0.1) is 0 Å². The number of benzene rings is 1. The molecule has 3 aromatic rings. The summed E-state index contributed by atoms with van der Waals surface area (Å²) in [5.74, 6) is 1.76. The normalized spacial score (nSPS) is 12.7. The molecule has 0 bridgehead atoms. The molecule has 158 valence electrons. The minimum absolute atomic E-state index is 0.0258. The van der Waals surface area contributed by atoms with Crippen LogP contribution in [0.1, 0.15) is 32.8 Å². The first-order chi connectivity index (χ1) is 14.5. The van der Waals surface area contributed by atoms with Crippen molar-refractivity contribution >= 4 is 34.7 Å². The lowest BCUT2D eigenvalue weighted by molar-refractivity contribution is -0.121. The van der Waals surface area contributed by atoms with Gasteiger partial charge in [-0.05, 0) is 38.0 Å². The zero-order chi connectivity index (χ0) is 21.3. The fraction of sp³-hybridized carbons (Fsp3) is 0.400. The third-order valence-corrected chi connectivity index (χ3v) is 5.77. The summed E-state index contributed by atoms with van der Waals surface area (Å²) in [5.41, 5.74) is 8.30. The van der Waals surface area contributed by atoms with E-state index in [1.807, 2.05) is 30.5 Å². The molecular formula is C20H24N6O3S. The fourth-order valence-corrected chi connectivity index (χ4v) is 4.38. The van der Waals surface area contributed by atoms with Crippen molar-refractivity contribution in [2.24, 2.45) is 0 Å². The van der Waals surface area contributed by atoms with Crippen molar-refractivity contribution in [3.8, 4) is 11.5 Å². The highest BCUT2D eigenvalue weighted by Gasteiger charge is 2.21. The number of aryl methyl sites for hydroxylation is 2. The molecule has 0 atom stereocenters. The Hall–Kier alpha value is -3.01. The number of aromatic nitrogens is 4. The van der Waals surface area contributed by atoms with Gasteiger partial charge in [-0.25, -0.2) is 15.0 Å². The van der Waals surface area contributed by atoms with Gasteiger partial charge in [-0.2, -0.15) is 0 Å². The average Bonchev–Trinajstić information content (AvgIpc) is 3.30. The van der Waals surface area contributed by atoms with Crippen LogP contribution in [0.4, 0.5) is 5.82 Å². The second-order valence-corrected chi connectivity index (χ2v) is 8.23. The van der Waals surface area contributed by atoms with Crippen LogP contribution in [0.3, 0.4) is 0 Å². The van der Waals surface area contributed by atoms with Crippen molar-refractivity contribution in [2.75, 3.05) is 12.5 Å². The summed E-state index contributed by atoms with van der Waals surface area (Å²) in [5, 5.41) is 3.61. The molecule has 0 fully saturated rings. The smallest absolute Gasteiger partial charge is 0.231 e. The average molecular weight is 429 g/mol. The number of nitrogen functional groups attached to an aromatic ring is 1. The Morgan fingerprint density at radius 2 is 2.07 bits per heavy atom. The molecule has 10 heteroatoms. The molecule has 9 nitrogen and oxygen atoms in total. The van der Waals surface area contributed by atoms with Gasteiger partial charge in [0.1, 0.15) is 6.33 Å². The standard InChI is InChI=1S/C20H24N6O3S/c1-4-12-7-13-14(29-10-28-13)8-15(12)30-20-25-17-18(21)22-9-23-19(17)26(20)6-5-16(27)24-11(2)3/h7-9,11H,4-6,10H2,1-3H3,(H,24,27)(H2,21,22,23). The summed E-state index contributed by atoms with van der Waals surface area (Å²) in [6.45, 7) is 6.61. The third kappa shape index (κ3) is 4.00. The lowest BCUT2D eigenvalue weighted by atomic mass is 10.1. The highest BCUT2D eigenvalue weighted by Crippen LogP contribution is 2.41. The topological polar surface area (TPSA) is 117 Å². The van der Waals surface area contributed by atoms with Gasteiger partial charge in [0.2, 0.25) is 12.7 Å². The molecule has 3 heterocycles. The number of fused-ring (bicyclic) bond motifs is 2. The molecule has 1 aliphatic rings. The van der Waals surface area contributed by atoms with E-state index in [2.05, 4.69) is 27.2 Å². The maximum Gasteiger partial charge on any atom is 0.231 e. The number of anilines is 1. The van der Waals surface area contributed by atoms with Crippen molar-refractivity contribution < 1.29 is 14.3 Å². The minimum atomic E-state index is -0.0258. The van der Waals surface area contributed by atoms with Gasteiger partial charge in [-0.15, -0.1) is 0 Å². The molecule has 0 aliphatic carbocycles. The number of nitrogens with two attached hydrogens (primary N) is 1. The second-order valence-electron chi connectivity index (χ2n) is 7.22. The van der Waals surface area contributed by atoms with E-state index in [9.17, 15) is 4.79 Å². The maximum absolute atomic E-state index is 12.2. The maximum atomic E-state index is 12.2. The molecule has 0 unspecified atom stereocenters. The number of carbonyl (C=O) groups excluding carboxylic acids is 1. The monoisotopic (exact) mass is 428 g/mol. The molecule has 1 aromatic carbocycles. The van der Waals surface area contributed by atoms with E-state index in [-0.39, 0.29) is 18.7 Å². The van der Waals surface area contributed by atoms with Crippen LogP contribution in [0.25, 0.3) is 11.2 Å². The number of ether oxygens (including phenoxy) is 2. The largest absolute Gasteiger partial charge is 0.454 e. The zero-order valence-corrected chi connectivity index (χ0v) is 18.0. The first-order valence-corrected chi connectivity index (χ1v) is 10.6. The van der Waals surface area contributed by atoms with Crippen LogP contribution in [0, 0.1) is 0 Å². The minimum Gasteiger partial charge on any atom is -0.454 e. The van der Waals surface area contributed by atoms with Gasteiger partial charge in [-0.1, -0.05) is 18.7 Å². The van der Waals surface area contributed by atoms with E-state index >= 15 is 0 Å². The Bertz CT molecular complexity index is 1100. The van der Waals surface area contributed by atoms with E-state index in [1.165, 1.54) is 18.1 Å². The molecule has 0 spiro atoms. The van der Waals surface area contributed by atoms with Gasteiger partial charge in [-0.3, -0.25) is 4.79 Å². The van der Waals surface area contributed by atoms with Crippen LogP contribution in [0.5, 0.6) is 11.5 Å². The number of amides is 1. The van der Waals surface area contributed by atoms with Crippen molar-refractivity contribution in [2.45, 2.75) is 56.3 Å². The van der Waals surface area contributed by atoms with Crippen LogP contribution in [0.2, 0.25) is 0 Å². The van der Waals surface area contributed by atoms with E-state index in [0.29, 0.717) is 40.9 Å². The molecule has 1 aliphatic heterocycles. The van der Waals surface area contributed by atoms with Gasteiger partial charge in [0, 0.05) is 23.9 Å². The number of hydrogen-bond acceptors (Lipinski definition) is 8. The lowest BCUT2D eigenvalue weighted by Gasteiger charge is -2.12. The molecule has 0 saturated carbocycles. The Balaban J connectivity index is 1.70. The van der Waals surface area contributed by atoms with E-state index in [0.717, 1.165) is 22.6 Å². The summed E-state index contributed by atoms with van der Waals surface area (Å²) in [6, 6.07) is 4.06. The van der Waals surface area contributed by atoms with Gasteiger partial charge >= 0.3 is 0 Å². The molecule has 3 N–H and O–H groups in total. The van der Waals surface area contributed by atoms with Crippen molar-refractivity contribution in [3.63, 3.8) is 0 Å². The third-order valence-electron chi connectivity index (χ3n) is 4.68. The summed E-state index contributed by atoms with van der Waals surface area (Å²) in [7, 11) is 0. The Morgan fingerprint density at radius 1 is 1.30 bits per heavy atom. The van der Waals surface area contributed by atoms with Crippen LogP contribution < -0.4 is 20.5 Å². The van der Waals surface area contributed by atoms with Crippen molar-refractivity contribution in [1.29, 1.82) is 0 Å². The van der Waals surface area contributed by atoms with Gasteiger partial charge < -0.3 is 25.1 Å². The molecule has 0 radical (unpaired) electrons. The highest BCUT2D eigenvalue weighted by molar-refractivity contribution is 7.99. The van der Waals surface area contributed by atoms with Crippen LogP contribution >= 0.6 is 11.8 Å². The van der Waals surface area contributed by atoms with Crippen LogP contribution in [-0.4, -0.2) is 38.3 Å². The number of carbonyl (C=O) groups is 1. The highest BCUT2D eigenvalue weighted by atomic mass is 32.2. The molecular weight excluding hydrogens is 404 g/mol. The van der Waals surface area contributed by atoms with Crippen molar-refractivity contribution in [1.82, 2.24) is 24.8 Å². The number of nitrogens with one attached hydrogen (secondary N) is 1. The summed E-state index contributed by atoms with van der Waals surface area (Å²) in [6.07, 6.45) is 2.55.